The number of ether oxygens (including phenoxy) is 1. The maximum Gasteiger partial charge on any atom is 0.137 e. The summed E-state index contributed by atoms with van der Waals surface area (Å²) in [5.74, 6) is 0.684. The predicted molar refractivity (Wildman–Crippen MR) is 64.8 cm³/mol. The van der Waals surface area contributed by atoms with Crippen LogP contribution in [0.2, 0.25) is 5.02 Å². The van der Waals surface area contributed by atoms with Crippen molar-refractivity contribution in [3.8, 4) is 11.8 Å². The zero-order valence-electron chi connectivity index (χ0n) is 9.46. The van der Waals surface area contributed by atoms with Gasteiger partial charge in [0.25, 0.3) is 0 Å². The summed E-state index contributed by atoms with van der Waals surface area (Å²) >= 11 is 6.00. The maximum absolute atomic E-state index is 8.59. The van der Waals surface area contributed by atoms with Gasteiger partial charge >= 0.3 is 0 Å². The molecule has 0 aliphatic carbocycles. The van der Waals surface area contributed by atoms with Crippen molar-refractivity contribution >= 4 is 11.6 Å². The Kier molecular flexibility index (Phi) is 5.10. The van der Waals surface area contributed by atoms with Gasteiger partial charge in [0.15, 0.2) is 0 Å². The summed E-state index contributed by atoms with van der Waals surface area (Å²) in [4.78, 5) is 0. The van der Waals surface area contributed by atoms with Crippen LogP contribution in [0.25, 0.3) is 0 Å². The van der Waals surface area contributed by atoms with Crippen molar-refractivity contribution in [1.29, 1.82) is 5.26 Å². The molecular weight excluding hydrogens is 224 g/mol. The molecule has 0 radical (unpaired) electrons. The number of rotatable bonds is 5. The summed E-state index contributed by atoms with van der Waals surface area (Å²) in [7, 11) is 1.59. The molecule has 0 amide bonds. The Hall–Kier alpha value is -1.24. The molecule has 0 spiro atoms. The minimum atomic E-state index is -0.117. The Balaban J connectivity index is 2.50. The quantitative estimate of drug-likeness (QED) is 0.857. The number of methoxy groups -OCH3 is 1. The van der Waals surface area contributed by atoms with E-state index in [-0.39, 0.29) is 6.04 Å². The average molecular weight is 239 g/mol. The molecule has 0 aliphatic rings. The lowest BCUT2D eigenvalue weighted by molar-refractivity contribution is 0.415. The van der Waals surface area contributed by atoms with E-state index in [4.69, 9.17) is 21.6 Å². The Morgan fingerprint density at radius 3 is 2.88 bits per heavy atom. The van der Waals surface area contributed by atoms with Gasteiger partial charge in [-0.05, 0) is 31.0 Å². The van der Waals surface area contributed by atoms with Gasteiger partial charge in [0.2, 0.25) is 0 Å². The smallest absolute Gasteiger partial charge is 0.137 e. The van der Waals surface area contributed by atoms with Gasteiger partial charge in [0.05, 0.1) is 24.2 Å². The second-order valence-electron chi connectivity index (χ2n) is 3.52. The van der Waals surface area contributed by atoms with E-state index in [0.29, 0.717) is 10.8 Å². The molecule has 0 aromatic heterocycles. The van der Waals surface area contributed by atoms with Gasteiger partial charge in [0.1, 0.15) is 5.75 Å². The predicted octanol–water partition coefficient (Wildman–Crippen LogP) is 2.39. The molecule has 1 rings (SSSR count). The fourth-order valence-electron chi connectivity index (χ4n) is 1.34. The van der Waals surface area contributed by atoms with Crippen molar-refractivity contribution in [3.05, 3.63) is 28.8 Å². The summed E-state index contributed by atoms with van der Waals surface area (Å²) in [6.45, 7) is 2.60. The van der Waals surface area contributed by atoms with Crippen molar-refractivity contribution in [3.63, 3.8) is 0 Å². The molecular formula is C12H15ClN2O. The second kappa shape index (κ2) is 6.37. The average Bonchev–Trinajstić information content (AvgIpc) is 2.29. The first-order chi connectivity index (χ1) is 7.67. The minimum absolute atomic E-state index is 0.117. The highest BCUT2D eigenvalue weighted by Gasteiger charge is 2.02. The summed E-state index contributed by atoms with van der Waals surface area (Å²) < 4.78 is 5.07. The molecule has 4 heteroatoms. The topological polar surface area (TPSA) is 45.0 Å². The van der Waals surface area contributed by atoms with Crippen molar-refractivity contribution < 1.29 is 4.74 Å². The molecule has 0 saturated heterocycles. The van der Waals surface area contributed by atoms with Crippen molar-refractivity contribution in [2.45, 2.75) is 19.4 Å². The number of benzene rings is 1. The van der Waals surface area contributed by atoms with E-state index < -0.39 is 0 Å². The number of hydrogen-bond donors (Lipinski definition) is 1. The monoisotopic (exact) mass is 238 g/mol. The number of nitrogens with one attached hydrogen (secondary N) is 1. The van der Waals surface area contributed by atoms with E-state index in [1.807, 2.05) is 25.1 Å². The highest BCUT2D eigenvalue weighted by molar-refractivity contribution is 6.32. The van der Waals surface area contributed by atoms with Crippen LogP contribution in [0.5, 0.6) is 5.75 Å². The molecule has 0 heterocycles. The number of hydrogen-bond acceptors (Lipinski definition) is 3. The Labute approximate surface area is 101 Å². The zero-order chi connectivity index (χ0) is 12.0. The van der Waals surface area contributed by atoms with Crippen LogP contribution in [-0.2, 0) is 6.42 Å². The fourth-order valence-corrected chi connectivity index (χ4v) is 1.62. The van der Waals surface area contributed by atoms with Gasteiger partial charge in [-0.15, -0.1) is 0 Å². The van der Waals surface area contributed by atoms with Crippen LogP contribution < -0.4 is 10.1 Å². The zero-order valence-corrected chi connectivity index (χ0v) is 10.2. The molecule has 1 atom stereocenters. The third-order valence-corrected chi connectivity index (χ3v) is 2.57. The van der Waals surface area contributed by atoms with E-state index >= 15 is 0 Å². The first-order valence-electron chi connectivity index (χ1n) is 5.12. The number of nitriles is 1. The van der Waals surface area contributed by atoms with E-state index in [9.17, 15) is 0 Å². The van der Waals surface area contributed by atoms with E-state index in [2.05, 4.69) is 11.4 Å². The van der Waals surface area contributed by atoms with Gasteiger partial charge in [-0.25, -0.2) is 0 Å². The standard InChI is InChI=1S/C12H15ClN2O/c1-9(8-14)15-6-5-10-3-4-12(16-2)11(13)7-10/h3-4,7,9,15H,5-6H2,1-2H3. The van der Waals surface area contributed by atoms with Crippen LogP contribution in [0.15, 0.2) is 18.2 Å². The van der Waals surface area contributed by atoms with Gasteiger partial charge in [-0.2, -0.15) is 5.26 Å². The SMILES string of the molecule is COc1ccc(CCNC(C)C#N)cc1Cl. The molecule has 0 fully saturated rings. The van der Waals surface area contributed by atoms with E-state index in [1.165, 1.54) is 0 Å². The first kappa shape index (κ1) is 12.8. The molecule has 0 aliphatic heterocycles. The summed E-state index contributed by atoms with van der Waals surface area (Å²) in [6.07, 6.45) is 0.843. The lowest BCUT2D eigenvalue weighted by Gasteiger charge is -2.08. The highest BCUT2D eigenvalue weighted by atomic mass is 35.5. The third kappa shape index (κ3) is 3.73. The third-order valence-electron chi connectivity index (χ3n) is 2.27. The fraction of sp³-hybridized carbons (Fsp3) is 0.417. The van der Waals surface area contributed by atoms with Gasteiger partial charge in [-0.3, -0.25) is 0 Å². The molecule has 0 saturated carbocycles. The second-order valence-corrected chi connectivity index (χ2v) is 3.93. The van der Waals surface area contributed by atoms with Crippen LogP contribution in [0.1, 0.15) is 12.5 Å². The Morgan fingerprint density at radius 1 is 1.56 bits per heavy atom. The van der Waals surface area contributed by atoms with Crippen LogP contribution in [-0.4, -0.2) is 19.7 Å². The number of halogens is 1. The molecule has 1 unspecified atom stereocenters. The van der Waals surface area contributed by atoms with Crippen molar-refractivity contribution in [1.82, 2.24) is 5.32 Å². The first-order valence-corrected chi connectivity index (χ1v) is 5.50. The lowest BCUT2D eigenvalue weighted by Crippen LogP contribution is -2.26. The Bertz CT molecular complexity index is 387. The van der Waals surface area contributed by atoms with Gasteiger partial charge in [-0.1, -0.05) is 17.7 Å². The van der Waals surface area contributed by atoms with Crippen LogP contribution in [0.4, 0.5) is 0 Å². The largest absolute Gasteiger partial charge is 0.495 e. The molecule has 1 aromatic rings. The summed E-state index contributed by atoms with van der Waals surface area (Å²) in [5, 5.41) is 12.3. The normalized spacial score (nSPS) is 11.9. The number of nitrogens with zero attached hydrogens (tertiary/aromatic N) is 1. The highest BCUT2D eigenvalue weighted by Crippen LogP contribution is 2.24. The van der Waals surface area contributed by atoms with Crippen LogP contribution in [0, 0.1) is 11.3 Å². The van der Waals surface area contributed by atoms with Crippen LogP contribution >= 0.6 is 11.6 Å². The van der Waals surface area contributed by atoms with Gasteiger partial charge < -0.3 is 10.1 Å². The molecule has 16 heavy (non-hydrogen) atoms. The van der Waals surface area contributed by atoms with Crippen molar-refractivity contribution in [2.75, 3.05) is 13.7 Å². The van der Waals surface area contributed by atoms with Gasteiger partial charge in [0, 0.05) is 6.54 Å². The lowest BCUT2D eigenvalue weighted by atomic mass is 10.1. The molecule has 86 valence electrons. The molecule has 1 aromatic carbocycles. The molecule has 3 nitrogen and oxygen atoms in total. The van der Waals surface area contributed by atoms with Crippen LogP contribution in [0.3, 0.4) is 0 Å². The van der Waals surface area contributed by atoms with E-state index in [0.717, 1.165) is 18.5 Å². The summed E-state index contributed by atoms with van der Waals surface area (Å²) in [6, 6.07) is 7.72. The Morgan fingerprint density at radius 2 is 2.31 bits per heavy atom. The minimum Gasteiger partial charge on any atom is -0.495 e. The molecule has 0 bridgehead atoms. The molecule has 1 N–H and O–H groups in total. The maximum atomic E-state index is 8.59. The van der Waals surface area contributed by atoms with Crippen molar-refractivity contribution in [2.24, 2.45) is 0 Å². The van der Waals surface area contributed by atoms with E-state index in [1.54, 1.807) is 7.11 Å². The summed E-state index contributed by atoms with van der Waals surface area (Å²) in [5.41, 5.74) is 1.13.